The number of halogens is 1. The Morgan fingerprint density at radius 2 is 2.21 bits per heavy atom. The molecular weight excluding hydrogens is 310 g/mol. The zero-order valence-corrected chi connectivity index (χ0v) is 12.6. The normalized spacial score (nSPS) is 11.7. The van der Waals surface area contributed by atoms with E-state index < -0.39 is 0 Å². The Hall–Kier alpha value is -1.56. The van der Waals surface area contributed by atoms with Gasteiger partial charge in [-0.15, -0.1) is 0 Å². The maximum absolute atomic E-state index is 11.8. The molecule has 1 aromatic rings. The Bertz CT molecular complexity index is 487. The standard InChI is InChI=1S/C13H18BrN3O2/c1-8(2)3-6-12(18)16-11-7-9(14)4-5-10(11)13(15)17-19/h4-5,7-8,19H,3,6H2,1-2H3,(H2,15,17)(H,16,18). The molecule has 0 unspecified atom stereocenters. The summed E-state index contributed by atoms with van der Waals surface area (Å²) in [5.41, 5.74) is 6.59. The topological polar surface area (TPSA) is 87.7 Å². The van der Waals surface area contributed by atoms with Crippen LogP contribution in [0, 0.1) is 5.92 Å². The van der Waals surface area contributed by atoms with Gasteiger partial charge in [0.15, 0.2) is 5.84 Å². The highest BCUT2D eigenvalue weighted by molar-refractivity contribution is 9.10. The Labute approximate surface area is 121 Å². The minimum atomic E-state index is -0.0845. The fourth-order valence-corrected chi connectivity index (χ4v) is 1.89. The summed E-state index contributed by atoms with van der Waals surface area (Å²) in [5.74, 6) is 0.349. The third-order valence-corrected chi connectivity index (χ3v) is 3.08. The summed E-state index contributed by atoms with van der Waals surface area (Å²) in [4.78, 5) is 11.8. The van der Waals surface area contributed by atoms with Gasteiger partial charge >= 0.3 is 0 Å². The summed E-state index contributed by atoms with van der Waals surface area (Å²) < 4.78 is 0.807. The number of anilines is 1. The molecule has 0 aromatic heterocycles. The third kappa shape index (κ3) is 4.90. The van der Waals surface area contributed by atoms with E-state index in [-0.39, 0.29) is 11.7 Å². The number of nitrogens with zero attached hydrogens (tertiary/aromatic N) is 1. The molecule has 5 nitrogen and oxygen atoms in total. The average molecular weight is 328 g/mol. The van der Waals surface area contributed by atoms with E-state index in [0.717, 1.165) is 10.9 Å². The van der Waals surface area contributed by atoms with Crippen LogP contribution in [-0.2, 0) is 4.79 Å². The molecule has 0 aliphatic rings. The fourth-order valence-electron chi connectivity index (χ4n) is 1.53. The van der Waals surface area contributed by atoms with Crippen molar-refractivity contribution >= 4 is 33.4 Å². The van der Waals surface area contributed by atoms with Crippen LogP contribution in [0.3, 0.4) is 0 Å². The van der Waals surface area contributed by atoms with E-state index >= 15 is 0 Å². The van der Waals surface area contributed by atoms with Crippen molar-refractivity contribution in [2.75, 3.05) is 5.32 Å². The molecule has 0 heterocycles. The van der Waals surface area contributed by atoms with Gasteiger partial charge in [0.2, 0.25) is 5.91 Å². The second kappa shape index (κ2) is 7.13. The maximum atomic E-state index is 11.8. The van der Waals surface area contributed by atoms with E-state index in [1.807, 2.05) is 0 Å². The van der Waals surface area contributed by atoms with Crippen molar-refractivity contribution < 1.29 is 10.0 Å². The minimum Gasteiger partial charge on any atom is -0.409 e. The van der Waals surface area contributed by atoms with Crippen LogP contribution in [0.2, 0.25) is 0 Å². The number of nitrogens with one attached hydrogen (secondary N) is 1. The summed E-state index contributed by atoms with van der Waals surface area (Å²) in [6, 6.07) is 5.16. The molecule has 0 aliphatic carbocycles. The summed E-state index contributed by atoms with van der Waals surface area (Å²) in [5, 5.41) is 14.5. The van der Waals surface area contributed by atoms with E-state index in [1.54, 1.807) is 18.2 Å². The maximum Gasteiger partial charge on any atom is 0.224 e. The quantitative estimate of drug-likeness (QED) is 0.336. The number of hydrogen-bond acceptors (Lipinski definition) is 3. The first-order valence-corrected chi connectivity index (χ1v) is 6.80. The number of amidine groups is 1. The molecule has 0 saturated carbocycles. The van der Waals surface area contributed by atoms with E-state index in [9.17, 15) is 4.79 Å². The van der Waals surface area contributed by atoms with Gasteiger partial charge in [-0.25, -0.2) is 0 Å². The van der Waals surface area contributed by atoms with Crippen LogP contribution in [0.25, 0.3) is 0 Å². The van der Waals surface area contributed by atoms with Gasteiger partial charge < -0.3 is 16.3 Å². The van der Waals surface area contributed by atoms with E-state index in [0.29, 0.717) is 23.6 Å². The number of carbonyl (C=O) groups is 1. The van der Waals surface area contributed by atoms with E-state index in [2.05, 4.69) is 40.2 Å². The van der Waals surface area contributed by atoms with Crippen molar-refractivity contribution in [2.24, 2.45) is 16.8 Å². The summed E-state index contributed by atoms with van der Waals surface area (Å²) in [6.07, 6.45) is 1.26. The molecule has 0 spiro atoms. The van der Waals surface area contributed by atoms with Crippen LogP contribution < -0.4 is 11.1 Å². The first kappa shape index (κ1) is 15.5. The van der Waals surface area contributed by atoms with Gasteiger partial charge in [-0.3, -0.25) is 4.79 Å². The molecule has 0 atom stereocenters. The molecule has 0 radical (unpaired) electrons. The van der Waals surface area contributed by atoms with Gasteiger partial charge in [-0.2, -0.15) is 0 Å². The van der Waals surface area contributed by atoms with E-state index in [1.165, 1.54) is 0 Å². The minimum absolute atomic E-state index is 0.0355. The Balaban J connectivity index is 2.87. The summed E-state index contributed by atoms with van der Waals surface area (Å²) >= 11 is 3.33. The van der Waals surface area contributed by atoms with Gasteiger partial charge in [0.1, 0.15) is 0 Å². The Kier molecular flexibility index (Phi) is 5.82. The van der Waals surface area contributed by atoms with Crippen molar-refractivity contribution in [3.63, 3.8) is 0 Å². The van der Waals surface area contributed by atoms with Crippen LogP contribution in [-0.4, -0.2) is 17.0 Å². The third-order valence-electron chi connectivity index (χ3n) is 2.59. The first-order valence-electron chi connectivity index (χ1n) is 6.01. The number of oxime groups is 1. The van der Waals surface area contributed by atoms with Crippen molar-refractivity contribution in [3.8, 4) is 0 Å². The largest absolute Gasteiger partial charge is 0.409 e. The molecule has 1 rings (SSSR count). The monoisotopic (exact) mass is 327 g/mol. The van der Waals surface area contributed by atoms with Gasteiger partial charge in [-0.05, 0) is 30.5 Å². The lowest BCUT2D eigenvalue weighted by Gasteiger charge is -2.11. The lowest BCUT2D eigenvalue weighted by atomic mass is 10.1. The molecular formula is C13H18BrN3O2. The predicted octanol–water partition coefficient (Wildman–Crippen LogP) is 2.92. The summed E-state index contributed by atoms with van der Waals surface area (Å²) in [6.45, 7) is 4.13. The zero-order chi connectivity index (χ0) is 14.4. The number of hydrogen-bond donors (Lipinski definition) is 3. The Morgan fingerprint density at radius 3 is 2.79 bits per heavy atom. The van der Waals surface area contributed by atoms with Crippen LogP contribution in [0.5, 0.6) is 0 Å². The smallest absolute Gasteiger partial charge is 0.224 e. The molecule has 0 bridgehead atoms. The zero-order valence-electron chi connectivity index (χ0n) is 11.0. The molecule has 1 aromatic carbocycles. The van der Waals surface area contributed by atoms with Crippen molar-refractivity contribution in [3.05, 3.63) is 28.2 Å². The lowest BCUT2D eigenvalue weighted by Crippen LogP contribution is -2.19. The van der Waals surface area contributed by atoms with Crippen molar-refractivity contribution in [2.45, 2.75) is 26.7 Å². The second-order valence-electron chi connectivity index (χ2n) is 4.66. The Morgan fingerprint density at radius 1 is 1.53 bits per heavy atom. The first-order chi connectivity index (χ1) is 8.93. The molecule has 0 saturated heterocycles. The predicted molar refractivity (Wildman–Crippen MR) is 79.4 cm³/mol. The molecule has 104 valence electrons. The molecule has 1 amide bonds. The highest BCUT2D eigenvalue weighted by Gasteiger charge is 2.11. The molecule has 6 heteroatoms. The highest BCUT2D eigenvalue weighted by Crippen LogP contribution is 2.22. The SMILES string of the molecule is CC(C)CCC(=O)Nc1cc(Br)ccc1/C(N)=N/O. The second-order valence-corrected chi connectivity index (χ2v) is 5.57. The van der Waals surface area contributed by atoms with Crippen molar-refractivity contribution in [1.29, 1.82) is 0 Å². The number of nitrogens with two attached hydrogens (primary N) is 1. The molecule has 4 N–H and O–H groups in total. The highest BCUT2D eigenvalue weighted by atomic mass is 79.9. The summed E-state index contributed by atoms with van der Waals surface area (Å²) in [7, 11) is 0. The van der Waals surface area contributed by atoms with E-state index in [4.69, 9.17) is 10.9 Å². The number of carbonyl (C=O) groups excluding carboxylic acids is 1. The molecule has 0 fully saturated rings. The van der Waals surface area contributed by atoms with Crippen LogP contribution >= 0.6 is 15.9 Å². The van der Waals surface area contributed by atoms with Crippen LogP contribution in [0.15, 0.2) is 27.8 Å². The number of benzene rings is 1. The average Bonchev–Trinajstić information content (AvgIpc) is 2.35. The number of rotatable bonds is 5. The van der Waals surface area contributed by atoms with Crippen molar-refractivity contribution in [1.82, 2.24) is 0 Å². The van der Waals surface area contributed by atoms with Gasteiger partial charge in [0.25, 0.3) is 0 Å². The molecule has 0 aliphatic heterocycles. The van der Waals surface area contributed by atoms with Gasteiger partial charge in [-0.1, -0.05) is 34.9 Å². The lowest BCUT2D eigenvalue weighted by molar-refractivity contribution is -0.116. The van der Waals surface area contributed by atoms with Crippen LogP contribution in [0.4, 0.5) is 5.69 Å². The van der Waals surface area contributed by atoms with Gasteiger partial charge in [0, 0.05) is 16.5 Å². The van der Waals surface area contributed by atoms with Gasteiger partial charge in [0.05, 0.1) is 5.69 Å². The molecule has 19 heavy (non-hydrogen) atoms. The number of amides is 1. The van der Waals surface area contributed by atoms with Crippen LogP contribution in [0.1, 0.15) is 32.3 Å². The fraction of sp³-hybridized carbons (Fsp3) is 0.385.